The topological polar surface area (TPSA) is 77.8 Å². The van der Waals surface area contributed by atoms with E-state index in [4.69, 9.17) is 10.3 Å². The molecule has 3 aromatic rings. The predicted octanol–water partition coefficient (Wildman–Crippen LogP) is 2.81. The molecular weight excluding hydrogens is 279 g/mol. The summed E-state index contributed by atoms with van der Waals surface area (Å²) in [5, 5.41) is 6.76. The Bertz CT molecular complexity index is 752. The van der Waals surface area contributed by atoms with Crippen LogP contribution in [0.4, 0.5) is 10.1 Å². The first-order valence-corrected chi connectivity index (χ1v) is 6.79. The quantitative estimate of drug-likeness (QED) is 0.750. The molecule has 7 heteroatoms. The lowest BCUT2D eigenvalue weighted by Gasteiger charge is -1.97. The molecule has 0 saturated heterocycles. The molecule has 2 heterocycles. The van der Waals surface area contributed by atoms with Crippen LogP contribution in [0.3, 0.4) is 0 Å². The SMILES string of the molecule is Cc1nc(Cc2noc(-c3ccc(N)cc3F)n2)cs1. The van der Waals surface area contributed by atoms with Crippen LogP contribution in [0.2, 0.25) is 0 Å². The van der Waals surface area contributed by atoms with Crippen LogP contribution in [0.25, 0.3) is 11.5 Å². The Kier molecular flexibility index (Phi) is 3.19. The van der Waals surface area contributed by atoms with Gasteiger partial charge in [-0.1, -0.05) is 5.16 Å². The molecule has 0 aliphatic rings. The van der Waals surface area contributed by atoms with Gasteiger partial charge in [-0.25, -0.2) is 9.37 Å². The van der Waals surface area contributed by atoms with E-state index >= 15 is 0 Å². The molecule has 2 aromatic heterocycles. The van der Waals surface area contributed by atoms with Gasteiger partial charge in [0.2, 0.25) is 0 Å². The minimum Gasteiger partial charge on any atom is -0.399 e. The molecule has 0 spiro atoms. The van der Waals surface area contributed by atoms with E-state index in [0.29, 0.717) is 17.9 Å². The molecule has 0 fully saturated rings. The average Bonchev–Trinajstić information content (AvgIpc) is 2.99. The third-order valence-electron chi connectivity index (χ3n) is 2.70. The van der Waals surface area contributed by atoms with Crippen molar-refractivity contribution in [1.29, 1.82) is 0 Å². The fourth-order valence-corrected chi connectivity index (χ4v) is 2.40. The molecule has 102 valence electrons. The number of benzene rings is 1. The highest BCUT2D eigenvalue weighted by molar-refractivity contribution is 7.09. The third kappa shape index (κ3) is 2.53. The summed E-state index contributed by atoms with van der Waals surface area (Å²) < 4.78 is 18.8. The Hall–Kier alpha value is -2.28. The largest absolute Gasteiger partial charge is 0.399 e. The lowest BCUT2D eigenvalue weighted by atomic mass is 10.2. The first kappa shape index (κ1) is 12.7. The van der Waals surface area contributed by atoms with Gasteiger partial charge in [-0.15, -0.1) is 11.3 Å². The normalized spacial score (nSPS) is 10.9. The van der Waals surface area contributed by atoms with Crippen LogP contribution in [0.1, 0.15) is 16.5 Å². The zero-order valence-corrected chi connectivity index (χ0v) is 11.4. The van der Waals surface area contributed by atoms with E-state index in [0.717, 1.165) is 10.7 Å². The number of nitrogens with zero attached hydrogens (tertiary/aromatic N) is 3. The number of hydrogen-bond donors (Lipinski definition) is 1. The molecule has 0 saturated carbocycles. The van der Waals surface area contributed by atoms with Crippen LogP contribution >= 0.6 is 11.3 Å². The van der Waals surface area contributed by atoms with Crippen LogP contribution in [0, 0.1) is 12.7 Å². The Labute approximate surface area is 118 Å². The monoisotopic (exact) mass is 290 g/mol. The molecule has 20 heavy (non-hydrogen) atoms. The molecule has 0 aliphatic heterocycles. The van der Waals surface area contributed by atoms with Crippen molar-refractivity contribution in [2.24, 2.45) is 0 Å². The summed E-state index contributed by atoms with van der Waals surface area (Å²) in [6.45, 7) is 1.93. The van der Waals surface area contributed by atoms with E-state index in [1.165, 1.54) is 12.1 Å². The summed E-state index contributed by atoms with van der Waals surface area (Å²) in [6.07, 6.45) is 0.463. The average molecular weight is 290 g/mol. The fraction of sp³-hybridized carbons (Fsp3) is 0.154. The van der Waals surface area contributed by atoms with Crippen LogP contribution in [-0.4, -0.2) is 15.1 Å². The second-order valence-corrected chi connectivity index (χ2v) is 5.35. The number of aryl methyl sites for hydroxylation is 1. The first-order valence-electron chi connectivity index (χ1n) is 5.91. The van der Waals surface area contributed by atoms with Crippen molar-refractivity contribution >= 4 is 17.0 Å². The number of anilines is 1. The smallest absolute Gasteiger partial charge is 0.260 e. The maximum absolute atomic E-state index is 13.8. The van der Waals surface area contributed by atoms with Crippen molar-refractivity contribution in [3.8, 4) is 11.5 Å². The van der Waals surface area contributed by atoms with Crippen molar-refractivity contribution in [3.05, 3.63) is 45.9 Å². The lowest BCUT2D eigenvalue weighted by molar-refractivity contribution is 0.421. The fourth-order valence-electron chi connectivity index (χ4n) is 1.79. The van der Waals surface area contributed by atoms with Gasteiger partial charge < -0.3 is 10.3 Å². The Morgan fingerprint density at radius 3 is 2.90 bits per heavy atom. The molecule has 0 aliphatic carbocycles. The van der Waals surface area contributed by atoms with Crippen molar-refractivity contribution in [1.82, 2.24) is 15.1 Å². The number of thiazole rings is 1. The number of rotatable bonds is 3. The number of nitrogen functional groups attached to an aromatic ring is 1. The van der Waals surface area contributed by atoms with Gasteiger partial charge in [-0.05, 0) is 25.1 Å². The Morgan fingerprint density at radius 2 is 2.20 bits per heavy atom. The maximum atomic E-state index is 13.8. The summed E-state index contributed by atoms with van der Waals surface area (Å²) in [4.78, 5) is 8.50. The molecule has 2 N–H and O–H groups in total. The minimum atomic E-state index is -0.482. The van der Waals surface area contributed by atoms with Crippen LogP contribution in [0.15, 0.2) is 28.1 Å². The molecule has 0 atom stereocenters. The van der Waals surface area contributed by atoms with Gasteiger partial charge >= 0.3 is 0 Å². The summed E-state index contributed by atoms with van der Waals surface area (Å²) in [7, 11) is 0. The summed E-state index contributed by atoms with van der Waals surface area (Å²) in [5.74, 6) is 0.135. The van der Waals surface area contributed by atoms with Gasteiger partial charge in [0.05, 0.1) is 22.7 Å². The van der Waals surface area contributed by atoms with Gasteiger partial charge in [-0.2, -0.15) is 4.98 Å². The molecule has 0 bridgehead atoms. The van der Waals surface area contributed by atoms with Gasteiger partial charge in [0.1, 0.15) is 5.82 Å². The van der Waals surface area contributed by atoms with Gasteiger partial charge in [-0.3, -0.25) is 0 Å². The zero-order chi connectivity index (χ0) is 14.1. The minimum absolute atomic E-state index is 0.143. The van der Waals surface area contributed by atoms with E-state index in [2.05, 4.69) is 15.1 Å². The third-order valence-corrected chi connectivity index (χ3v) is 3.52. The molecule has 0 unspecified atom stereocenters. The predicted molar refractivity (Wildman–Crippen MR) is 73.8 cm³/mol. The number of aromatic nitrogens is 3. The Morgan fingerprint density at radius 1 is 1.35 bits per heavy atom. The summed E-state index contributed by atoms with van der Waals surface area (Å²) in [5.41, 5.74) is 6.97. The second-order valence-electron chi connectivity index (χ2n) is 4.29. The van der Waals surface area contributed by atoms with Crippen molar-refractivity contribution in [3.63, 3.8) is 0 Å². The molecule has 1 aromatic carbocycles. The van der Waals surface area contributed by atoms with Crippen LogP contribution < -0.4 is 5.73 Å². The van der Waals surface area contributed by atoms with Gasteiger partial charge in [0.15, 0.2) is 5.82 Å². The van der Waals surface area contributed by atoms with E-state index in [-0.39, 0.29) is 11.5 Å². The summed E-state index contributed by atoms with van der Waals surface area (Å²) in [6, 6.07) is 4.34. The van der Waals surface area contributed by atoms with Gasteiger partial charge in [0, 0.05) is 11.1 Å². The maximum Gasteiger partial charge on any atom is 0.260 e. The highest BCUT2D eigenvalue weighted by Crippen LogP contribution is 2.23. The number of hydrogen-bond acceptors (Lipinski definition) is 6. The zero-order valence-electron chi connectivity index (χ0n) is 10.6. The molecule has 3 rings (SSSR count). The molecular formula is C13H11FN4OS. The van der Waals surface area contributed by atoms with E-state index in [1.807, 2.05) is 12.3 Å². The Balaban J connectivity index is 1.86. The second kappa shape index (κ2) is 5.01. The lowest BCUT2D eigenvalue weighted by Crippen LogP contribution is -1.92. The van der Waals surface area contributed by atoms with Crippen LogP contribution in [-0.2, 0) is 6.42 Å². The molecule has 0 radical (unpaired) electrons. The first-order chi connectivity index (χ1) is 9.61. The van der Waals surface area contributed by atoms with E-state index < -0.39 is 5.82 Å². The summed E-state index contributed by atoms with van der Waals surface area (Å²) >= 11 is 1.56. The number of halogens is 1. The standard InChI is InChI=1S/C13H11FN4OS/c1-7-16-9(6-20-7)5-12-17-13(19-18-12)10-3-2-8(15)4-11(10)14/h2-4,6H,5,15H2,1H3. The number of nitrogens with two attached hydrogens (primary N) is 1. The van der Waals surface area contributed by atoms with Crippen molar-refractivity contribution < 1.29 is 8.91 Å². The molecule has 0 amide bonds. The van der Waals surface area contributed by atoms with E-state index in [1.54, 1.807) is 17.4 Å². The van der Waals surface area contributed by atoms with Gasteiger partial charge in [0.25, 0.3) is 5.89 Å². The highest BCUT2D eigenvalue weighted by atomic mass is 32.1. The van der Waals surface area contributed by atoms with Crippen molar-refractivity contribution in [2.75, 3.05) is 5.73 Å². The highest BCUT2D eigenvalue weighted by Gasteiger charge is 2.14. The van der Waals surface area contributed by atoms with E-state index in [9.17, 15) is 4.39 Å². The van der Waals surface area contributed by atoms with Crippen molar-refractivity contribution in [2.45, 2.75) is 13.3 Å². The molecule has 5 nitrogen and oxygen atoms in total. The van der Waals surface area contributed by atoms with Crippen LogP contribution in [0.5, 0.6) is 0 Å².